The van der Waals surface area contributed by atoms with Gasteiger partial charge in [-0.2, -0.15) is 0 Å². The van der Waals surface area contributed by atoms with Crippen molar-refractivity contribution in [1.29, 1.82) is 0 Å². The first-order valence-corrected chi connectivity index (χ1v) is 7.40. The van der Waals surface area contributed by atoms with E-state index < -0.39 is 11.2 Å². The molecule has 1 fully saturated rings. The average molecular weight is 283 g/mol. The lowest BCUT2D eigenvalue weighted by atomic mass is 9.62. The molecule has 1 radical (unpaired) electrons. The van der Waals surface area contributed by atoms with Crippen molar-refractivity contribution in [2.75, 3.05) is 7.11 Å². The van der Waals surface area contributed by atoms with Crippen molar-refractivity contribution in [3.8, 4) is 0 Å². The molecule has 0 heterocycles. The smallest absolute Gasteiger partial charge is 0.308 e. The molecule has 3 unspecified atom stereocenters. The van der Waals surface area contributed by atoms with Gasteiger partial charge in [-0.3, -0.25) is 4.79 Å². The van der Waals surface area contributed by atoms with Gasteiger partial charge in [0.15, 0.2) is 0 Å². The Labute approximate surface area is 123 Å². The standard InChI is InChI=1S/C15H28BO4/c1-10-9-11(13(17)19-6)7-8-12(10)16-20-15(4,5)14(2,3)18/h10-12,18H,7-9H2,1-6H3. The molecule has 1 rings (SSSR count). The lowest BCUT2D eigenvalue weighted by Gasteiger charge is -2.40. The van der Waals surface area contributed by atoms with Gasteiger partial charge in [0.1, 0.15) is 0 Å². The summed E-state index contributed by atoms with van der Waals surface area (Å²) in [4.78, 5) is 11.6. The maximum absolute atomic E-state index is 11.6. The number of esters is 1. The molecule has 20 heavy (non-hydrogen) atoms. The highest BCUT2D eigenvalue weighted by Crippen LogP contribution is 2.39. The van der Waals surface area contributed by atoms with Crippen LogP contribution in [0.4, 0.5) is 0 Å². The van der Waals surface area contributed by atoms with Crippen LogP contribution in [0, 0.1) is 11.8 Å². The van der Waals surface area contributed by atoms with Gasteiger partial charge in [-0.05, 0) is 52.3 Å². The summed E-state index contributed by atoms with van der Waals surface area (Å²) in [5, 5.41) is 10.1. The second-order valence-electron chi connectivity index (χ2n) is 7.00. The van der Waals surface area contributed by atoms with Gasteiger partial charge in [-0.1, -0.05) is 13.3 Å². The number of hydrogen-bond acceptors (Lipinski definition) is 4. The molecule has 1 N–H and O–H groups in total. The molecule has 0 saturated heterocycles. The minimum atomic E-state index is -0.907. The SMILES string of the molecule is COC(=O)C1CCC([B]OC(C)(C)C(C)(C)O)C(C)C1. The summed E-state index contributed by atoms with van der Waals surface area (Å²) in [6.45, 7) is 9.40. The minimum absolute atomic E-state index is 0.0157. The van der Waals surface area contributed by atoms with Gasteiger partial charge in [0.05, 0.1) is 24.2 Å². The van der Waals surface area contributed by atoms with E-state index in [-0.39, 0.29) is 11.9 Å². The Morgan fingerprint density at radius 1 is 1.25 bits per heavy atom. The number of carbonyl (C=O) groups is 1. The fourth-order valence-electron chi connectivity index (χ4n) is 2.40. The Balaban J connectivity index is 2.50. The van der Waals surface area contributed by atoms with Crippen LogP contribution < -0.4 is 0 Å². The molecule has 1 aliphatic rings. The average Bonchev–Trinajstić information content (AvgIpc) is 2.35. The molecule has 0 amide bonds. The van der Waals surface area contributed by atoms with Gasteiger partial charge in [-0.25, -0.2) is 0 Å². The monoisotopic (exact) mass is 283 g/mol. The van der Waals surface area contributed by atoms with E-state index in [0.717, 1.165) is 19.3 Å². The summed E-state index contributed by atoms with van der Waals surface area (Å²) in [7, 11) is 3.30. The van der Waals surface area contributed by atoms with Crippen molar-refractivity contribution >= 4 is 13.5 Å². The first-order valence-electron chi connectivity index (χ1n) is 7.40. The Morgan fingerprint density at radius 3 is 2.30 bits per heavy atom. The zero-order chi connectivity index (χ0) is 15.6. The highest BCUT2D eigenvalue weighted by atomic mass is 16.5. The van der Waals surface area contributed by atoms with Gasteiger partial charge in [0.25, 0.3) is 7.48 Å². The van der Waals surface area contributed by atoms with Crippen LogP contribution in [0.25, 0.3) is 0 Å². The molecular weight excluding hydrogens is 255 g/mol. The second kappa shape index (κ2) is 6.48. The number of hydrogen-bond donors (Lipinski definition) is 1. The summed E-state index contributed by atoms with van der Waals surface area (Å²) in [5.74, 6) is 0.609. The van der Waals surface area contributed by atoms with Crippen LogP contribution in [0.1, 0.15) is 53.9 Å². The molecule has 1 saturated carbocycles. The largest absolute Gasteiger partial charge is 0.469 e. The van der Waals surface area contributed by atoms with Crippen molar-refractivity contribution in [3.63, 3.8) is 0 Å². The predicted molar refractivity (Wildman–Crippen MR) is 79.5 cm³/mol. The molecule has 0 aromatic heterocycles. The van der Waals surface area contributed by atoms with E-state index in [2.05, 4.69) is 6.92 Å². The maximum Gasteiger partial charge on any atom is 0.308 e. The highest BCUT2D eigenvalue weighted by molar-refractivity contribution is 6.29. The van der Waals surface area contributed by atoms with E-state index in [1.54, 1.807) is 13.8 Å². The fourth-order valence-corrected chi connectivity index (χ4v) is 2.40. The summed E-state index contributed by atoms with van der Waals surface area (Å²) < 4.78 is 10.7. The molecule has 0 bridgehead atoms. The van der Waals surface area contributed by atoms with Crippen molar-refractivity contribution in [3.05, 3.63) is 0 Å². The van der Waals surface area contributed by atoms with E-state index in [9.17, 15) is 9.90 Å². The van der Waals surface area contributed by atoms with Gasteiger partial charge in [0.2, 0.25) is 0 Å². The Hall–Kier alpha value is -0.545. The van der Waals surface area contributed by atoms with E-state index in [1.807, 2.05) is 21.3 Å². The van der Waals surface area contributed by atoms with Crippen LogP contribution in [0.3, 0.4) is 0 Å². The Bertz CT molecular complexity index is 335. The van der Waals surface area contributed by atoms with Crippen molar-refractivity contribution in [2.45, 2.75) is 70.9 Å². The Morgan fingerprint density at radius 2 is 1.85 bits per heavy atom. The molecule has 0 aromatic carbocycles. The molecular formula is C15H28BO4. The second-order valence-corrected chi connectivity index (χ2v) is 7.00. The molecule has 3 atom stereocenters. The third-order valence-corrected chi connectivity index (χ3v) is 4.78. The molecule has 0 spiro atoms. The predicted octanol–water partition coefficient (Wildman–Crippen LogP) is 2.57. The van der Waals surface area contributed by atoms with Crippen LogP contribution >= 0.6 is 0 Å². The summed E-state index contributed by atoms with van der Waals surface area (Å²) in [6, 6.07) is 0. The number of ether oxygens (including phenoxy) is 1. The molecule has 0 aromatic rings. The molecule has 1 aliphatic carbocycles. The van der Waals surface area contributed by atoms with E-state index in [0.29, 0.717) is 11.7 Å². The van der Waals surface area contributed by atoms with Crippen molar-refractivity contribution in [2.24, 2.45) is 11.8 Å². The van der Waals surface area contributed by atoms with Crippen molar-refractivity contribution < 1.29 is 19.3 Å². The summed E-state index contributed by atoms with van der Waals surface area (Å²) in [6.07, 6.45) is 2.59. The number of methoxy groups -OCH3 is 1. The number of rotatable bonds is 5. The first kappa shape index (κ1) is 17.5. The van der Waals surface area contributed by atoms with Gasteiger partial charge < -0.3 is 14.5 Å². The van der Waals surface area contributed by atoms with Gasteiger partial charge in [-0.15, -0.1) is 0 Å². The van der Waals surface area contributed by atoms with E-state index >= 15 is 0 Å². The lowest BCUT2D eigenvalue weighted by molar-refractivity contribution is -0.147. The van der Waals surface area contributed by atoms with E-state index in [4.69, 9.17) is 9.39 Å². The zero-order valence-electron chi connectivity index (χ0n) is 13.6. The third-order valence-electron chi connectivity index (χ3n) is 4.78. The van der Waals surface area contributed by atoms with Crippen LogP contribution in [0.15, 0.2) is 0 Å². The van der Waals surface area contributed by atoms with Gasteiger partial charge >= 0.3 is 5.97 Å². The first-order chi connectivity index (χ1) is 9.08. The third kappa shape index (κ3) is 4.22. The summed E-state index contributed by atoms with van der Waals surface area (Å²) >= 11 is 0. The minimum Gasteiger partial charge on any atom is -0.469 e. The molecule has 115 valence electrons. The zero-order valence-corrected chi connectivity index (χ0v) is 13.6. The Kier molecular flexibility index (Phi) is 5.67. The van der Waals surface area contributed by atoms with Crippen LogP contribution in [-0.4, -0.2) is 36.9 Å². The van der Waals surface area contributed by atoms with Crippen molar-refractivity contribution in [1.82, 2.24) is 0 Å². The summed E-state index contributed by atoms with van der Waals surface area (Å²) in [5.41, 5.74) is -1.54. The quantitative estimate of drug-likeness (QED) is 0.622. The number of aliphatic hydroxyl groups is 1. The molecule has 5 heteroatoms. The highest BCUT2D eigenvalue weighted by Gasteiger charge is 2.39. The van der Waals surface area contributed by atoms with E-state index in [1.165, 1.54) is 7.11 Å². The van der Waals surface area contributed by atoms with Gasteiger partial charge in [0, 0.05) is 0 Å². The molecule has 4 nitrogen and oxygen atoms in total. The van der Waals surface area contributed by atoms with Crippen LogP contribution in [0.5, 0.6) is 0 Å². The normalized spacial score (nSPS) is 28.1. The number of carbonyl (C=O) groups excluding carboxylic acids is 1. The van der Waals surface area contributed by atoms with Crippen LogP contribution in [0.2, 0.25) is 5.82 Å². The lowest BCUT2D eigenvalue weighted by Crippen LogP contribution is -2.48. The maximum atomic E-state index is 11.6. The fraction of sp³-hybridized carbons (Fsp3) is 0.933. The molecule has 0 aliphatic heterocycles. The van der Waals surface area contributed by atoms with Crippen LogP contribution in [-0.2, 0) is 14.2 Å². The topological polar surface area (TPSA) is 55.8 Å².